The lowest BCUT2D eigenvalue weighted by Gasteiger charge is -2.39. The van der Waals surface area contributed by atoms with Gasteiger partial charge in [-0.2, -0.15) is 0 Å². The van der Waals surface area contributed by atoms with Gasteiger partial charge in [0.1, 0.15) is 0 Å². The lowest BCUT2D eigenvalue weighted by Crippen LogP contribution is -2.46. The Morgan fingerprint density at radius 2 is 1.61 bits per heavy atom. The number of aryl methyl sites for hydroxylation is 1. The highest BCUT2D eigenvalue weighted by Gasteiger charge is 2.35. The van der Waals surface area contributed by atoms with E-state index in [9.17, 15) is 14.4 Å². The molecule has 1 aromatic heterocycles. The molecule has 0 radical (unpaired) electrons. The molecule has 2 aromatic carbocycles. The number of H-pyrrole nitrogens is 1. The fraction of sp³-hybridized carbons (Fsp3) is 0.543. The maximum Gasteiger partial charge on any atom is 0.343 e. The van der Waals surface area contributed by atoms with E-state index in [1.165, 1.54) is 17.5 Å². The van der Waals surface area contributed by atoms with Crippen LogP contribution in [0.1, 0.15) is 62.1 Å². The SMILES string of the molecule is Cc1cc(C[C@@H](CC(=O)N2CCC(n3nc(-c4ccccc4)[nH]c3=O)CC2)C(=O)N2CCC(C3CCNCC3)CC2)cc(Cl)c1N. The number of aromatic nitrogens is 3. The van der Waals surface area contributed by atoms with Crippen LogP contribution in [0.3, 0.4) is 0 Å². The van der Waals surface area contributed by atoms with Gasteiger partial charge in [-0.15, -0.1) is 5.10 Å². The Hall–Kier alpha value is -3.63. The minimum absolute atomic E-state index is 0.0287. The largest absolute Gasteiger partial charge is 0.397 e. The first-order valence-corrected chi connectivity index (χ1v) is 17.2. The van der Waals surface area contributed by atoms with Gasteiger partial charge in [-0.1, -0.05) is 48.0 Å². The summed E-state index contributed by atoms with van der Waals surface area (Å²) < 4.78 is 1.52. The van der Waals surface area contributed by atoms with E-state index >= 15 is 0 Å². The maximum absolute atomic E-state index is 14.1. The molecular weight excluding hydrogens is 602 g/mol. The number of nitrogens with two attached hydrogens (primary N) is 1. The summed E-state index contributed by atoms with van der Waals surface area (Å²) in [6, 6.07) is 13.3. The van der Waals surface area contributed by atoms with E-state index < -0.39 is 5.92 Å². The molecule has 4 heterocycles. The smallest absolute Gasteiger partial charge is 0.343 e. The van der Waals surface area contributed by atoms with Crippen LogP contribution in [0.25, 0.3) is 11.4 Å². The van der Waals surface area contributed by atoms with E-state index in [-0.39, 0.29) is 30.0 Å². The van der Waals surface area contributed by atoms with Crippen molar-refractivity contribution in [3.8, 4) is 11.4 Å². The fourth-order valence-corrected chi connectivity index (χ4v) is 7.94. The van der Waals surface area contributed by atoms with Crippen LogP contribution in [0.4, 0.5) is 5.69 Å². The Morgan fingerprint density at radius 1 is 0.957 bits per heavy atom. The molecule has 3 aliphatic rings. The number of anilines is 1. The van der Waals surface area contributed by atoms with E-state index in [2.05, 4.69) is 15.4 Å². The second kappa shape index (κ2) is 14.4. The predicted octanol–water partition coefficient (Wildman–Crippen LogP) is 4.43. The summed E-state index contributed by atoms with van der Waals surface area (Å²) >= 11 is 6.43. The number of nitrogens with zero attached hydrogens (tertiary/aromatic N) is 4. The number of aromatic amines is 1. The molecular formula is C35H46ClN7O3. The number of hydrogen-bond acceptors (Lipinski definition) is 6. The Morgan fingerprint density at radius 3 is 2.28 bits per heavy atom. The molecule has 3 aliphatic heterocycles. The van der Waals surface area contributed by atoms with Crippen molar-refractivity contribution in [1.29, 1.82) is 0 Å². The van der Waals surface area contributed by atoms with Gasteiger partial charge in [0.05, 0.1) is 22.7 Å². The third kappa shape index (κ3) is 7.33. The summed E-state index contributed by atoms with van der Waals surface area (Å²) in [7, 11) is 0. The molecule has 10 nitrogen and oxygen atoms in total. The molecule has 0 aliphatic carbocycles. The van der Waals surface area contributed by atoms with Gasteiger partial charge in [0.25, 0.3) is 0 Å². The van der Waals surface area contributed by atoms with Crippen molar-refractivity contribution in [2.45, 2.75) is 64.3 Å². The number of hydrogen-bond donors (Lipinski definition) is 3. The molecule has 0 saturated carbocycles. The summed E-state index contributed by atoms with van der Waals surface area (Å²) in [5.41, 5.74) is 9.05. The number of carbonyl (C=O) groups is 2. The third-order valence-corrected chi connectivity index (χ3v) is 10.7. The number of likely N-dealkylation sites (tertiary alicyclic amines) is 2. The molecule has 3 saturated heterocycles. The van der Waals surface area contributed by atoms with Crippen LogP contribution in [0.15, 0.2) is 47.3 Å². The van der Waals surface area contributed by atoms with Crippen LogP contribution < -0.4 is 16.7 Å². The fourth-order valence-electron chi connectivity index (χ4n) is 7.65. The van der Waals surface area contributed by atoms with E-state index in [0.717, 1.165) is 61.6 Å². The minimum Gasteiger partial charge on any atom is -0.397 e. The molecule has 11 heteroatoms. The van der Waals surface area contributed by atoms with Crippen molar-refractivity contribution in [3.63, 3.8) is 0 Å². The second-order valence-electron chi connectivity index (χ2n) is 13.4. The number of halogens is 1. The van der Waals surface area contributed by atoms with Gasteiger partial charge in [-0.3, -0.25) is 14.6 Å². The Bertz CT molecular complexity index is 1540. The lowest BCUT2D eigenvalue weighted by molar-refractivity contribution is -0.143. The Labute approximate surface area is 275 Å². The second-order valence-corrected chi connectivity index (χ2v) is 13.8. The van der Waals surface area contributed by atoms with Crippen molar-refractivity contribution in [2.75, 3.05) is 45.0 Å². The summed E-state index contributed by atoms with van der Waals surface area (Å²) in [6.45, 7) is 6.60. The first-order chi connectivity index (χ1) is 22.3. The van der Waals surface area contributed by atoms with E-state index in [4.69, 9.17) is 17.3 Å². The zero-order valence-electron chi connectivity index (χ0n) is 26.7. The van der Waals surface area contributed by atoms with E-state index in [0.29, 0.717) is 54.8 Å². The van der Waals surface area contributed by atoms with Crippen LogP contribution >= 0.6 is 11.6 Å². The average molecular weight is 648 g/mol. The van der Waals surface area contributed by atoms with Crippen molar-refractivity contribution in [3.05, 3.63) is 69.1 Å². The molecule has 46 heavy (non-hydrogen) atoms. The zero-order chi connectivity index (χ0) is 32.2. The van der Waals surface area contributed by atoms with E-state index in [1.807, 2.05) is 59.2 Å². The molecule has 3 fully saturated rings. The van der Waals surface area contributed by atoms with Crippen LogP contribution in [-0.4, -0.2) is 75.6 Å². The third-order valence-electron chi connectivity index (χ3n) is 10.4. The summed E-state index contributed by atoms with van der Waals surface area (Å²) in [4.78, 5) is 47.3. The number of rotatable bonds is 8. The quantitative estimate of drug-likeness (QED) is 0.310. The Balaban J connectivity index is 1.11. The highest BCUT2D eigenvalue weighted by molar-refractivity contribution is 6.33. The van der Waals surface area contributed by atoms with Crippen LogP contribution in [0.2, 0.25) is 5.02 Å². The van der Waals surface area contributed by atoms with Gasteiger partial charge in [0, 0.05) is 38.2 Å². The molecule has 3 aromatic rings. The molecule has 0 spiro atoms. The van der Waals surface area contributed by atoms with Crippen LogP contribution in [-0.2, 0) is 16.0 Å². The number of piperidine rings is 3. The monoisotopic (exact) mass is 647 g/mol. The standard InChI is InChI=1S/C35H46ClN7O3/c1-23-19-24(21-30(36)32(23)37)20-28(34(45)42-15-9-26(10-16-42)25-7-13-38-14-8-25)22-31(44)41-17-11-29(12-18-41)43-35(46)39-33(40-43)27-5-3-2-4-6-27/h2-6,19,21,25-26,28-29,38H,7-18,20,22,37H2,1H3,(H,39,40,46)/t28-/m0/s1. The summed E-state index contributed by atoms with van der Waals surface area (Å²) in [5.74, 6) is 1.48. The van der Waals surface area contributed by atoms with E-state index in [1.54, 1.807) is 0 Å². The van der Waals surface area contributed by atoms with Gasteiger partial charge in [0.2, 0.25) is 11.8 Å². The zero-order valence-corrected chi connectivity index (χ0v) is 27.5. The van der Waals surface area contributed by atoms with Crippen molar-refractivity contribution < 1.29 is 9.59 Å². The first-order valence-electron chi connectivity index (χ1n) is 16.8. The molecule has 6 rings (SSSR count). The van der Waals surface area contributed by atoms with Gasteiger partial charge in [-0.05, 0) is 94.0 Å². The predicted molar refractivity (Wildman–Crippen MR) is 180 cm³/mol. The molecule has 4 N–H and O–H groups in total. The van der Waals surface area contributed by atoms with Gasteiger partial charge in [-0.25, -0.2) is 9.48 Å². The number of amides is 2. The van der Waals surface area contributed by atoms with Crippen molar-refractivity contribution >= 4 is 29.1 Å². The number of carbonyl (C=O) groups excluding carboxylic acids is 2. The maximum atomic E-state index is 14.1. The highest BCUT2D eigenvalue weighted by atomic mass is 35.5. The van der Waals surface area contributed by atoms with Crippen LogP contribution in [0, 0.1) is 24.7 Å². The summed E-state index contributed by atoms with van der Waals surface area (Å²) in [6.07, 6.45) is 6.30. The molecule has 1 atom stereocenters. The number of nitrogens with one attached hydrogen (secondary N) is 2. The molecule has 0 unspecified atom stereocenters. The van der Waals surface area contributed by atoms with Gasteiger partial charge in [0.15, 0.2) is 5.82 Å². The first kappa shape index (κ1) is 32.3. The molecule has 246 valence electrons. The van der Waals surface area contributed by atoms with Gasteiger partial charge < -0.3 is 20.9 Å². The number of nitrogen functional groups attached to an aromatic ring is 1. The molecule has 2 amide bonds. The minimum atomic E-state index is -0.484. The van der Waals surface area contributed by atoms with Crippen molar-refractivity contribution in [2.24, 2.45) is 17.8 Å². The van der Waals surface area contributed by atoms with Crippen molar-refractivity contribution in [1.82, 2.24) is 29.9 Å². The van der Waals surface area contributed by atoms with Crippen LogP contribution in [0.5, 0.6) is 0 Å². The lowest BCUT2D eigenvalue weighted by atomic mass is 9.79. The Kier molecular flexibility index (Phi) is 10.1. The normalized spacial score (nSPS) is 19.3. The topological polar surface area (TPSA) is 129 Å². The molecule has 0 bridgehead atoms. The number of benzene rings is 2. The summed E-state index contributed by atoms with van der Waals surface area (Å²) in [5, 5.41) is 8.50. The van der Waals surface area contributed by atoms with Gasteiger partial charge >= 0.3 is 5.69 Å². The average Bonchev–Trinajstić information content (AvgIpc) is 3.48. The highest BCUT2D eigenvalue weighted by Crippen LogP contribution is 2.33.